The molecule has 0 atom stereocenters. The van der Waals surface area contributed by atoms with E-state index in [0.29, 0.717) is 24.1 Å². The van der Waals surface area contributed by atoms with Gasteiger partial charge in [-0.25, -0.2) is 0 Å². The first-order valence-electron chi connectivity index (χ1n) is 6.61. The lowest BCUT2D eigenvalue weighted by molar-refractivity contribution is -0.384. The van der Waals surface area contributed by atoms with Crippen molar-refractivity contribution in [1.82, 2.24) is 5.32 Å². The number of aryl methyl sites for hydroxylation is 1. The van der Waals surface area contributed by atoms with Crippen molar-refractivity contribution >= 4 is 11.6 Å². The summed E-state index contributed by atoms with van der Waals surface area (Å²) in [5.41, 5.74) is 0.982. The van der Waals surface area contributed by atoms with Gasteiger partial charge in [0.2, 0.25) is 0 Å². The quantitative estimate of drug-likeness (QED) is 0.613. The maximum Gasteiger partial charge on any atom is 0.270 e. The fourth-order valence-corrected chi connectivity index (χ4v) is 2.26. The van der Waals surface area contributed by atoms with Crippen LogP contribution in [0.2, 0.25) is 0 Å². The molecule has 1 amide bonds. The van der Waals surface area contributed by atoms with Crippen LogP contribution in [0.5, 0.6) is 0 Å². The number of non-ortho nitro benzene ring substituents is 1. The van der Waals surface area contributed by atoms with Crippen LogP contribution in [0.25, 0.3) is 0 Å². The van der Waals surface area contributed by atoms with Gasteiger partial charge in [0, 0.05) is 30.8 Å². The summed E-state index contributed by atoms with van der Waals surface area (Å²) in [5.74, 6) is -0.296. The van der Waals surface area contributed by atoms with Crippen LogP contribution >= 0.6 is 0 Å². The van der Waals surface area contributed by atoms with E-state index >= 15 is 0 Å². The topological polar surface area (TPSA) is 92.5 Å². The second kappa shape index (κ2) is 5.58. The zero-order valence-electron chi connectivity index (χ0n) is 11.4. The minimum absolute atomic E-state index is 0.0268. The first-order chi connectivity index (χ1) is 9.47. The molecule has 0 aromatic heterocycles. The normalized spacial score (nSPS) is 15.7. The van der Waals surface area contributed by atoms with E-state index in [9.17, 15) is 14.9 Å². The van der Waals surface area contributed by atoms with Gasteiger partial charge in [-0.05, 0) is 37.2 Å². The molecular formula is C14H18N2O4. The first-order valence-corrected chi connectivity index (χ1v) is 6.61. The molecule has 2 rings (SSSR count). The van der Waals surface area contributed by atoms with Gasteiger partial charge in [0.05, 0.1) is 4.92 Å². The van der Waals surface area contributed by atoms with Gasteiger partial charge in [-0.1, -0.05) is 6.07 Å². The molecule has 6 heteroatoms. The first kappa shape index (κ1) is 14.5. The number of nitro benzene ring substituents is 1. The maximum absolute atomic E-state index is 12.1. The predicted octanol–water partition coefficient (Wildman–Crippen LogP) is 1.80. The number of aliphatic hydroxyl groups excluding tert-OH is 1. The summed E-state index contributed by atoms with van der Waals surface area (Å²) in [6.45, 7) is 2.37. The Morgan fingerprint density at radius 1 is 1.50 bits per heavy atom. The van der Waals surface area contributed by atoms with Crippen molar-refractivity contribution in [3.05, 3.63) is 39.4 Å². The van der Waals surface area contributed by atoms with E-state index in [4.69, 9.17) is 5.11 Å². The van der Waals surface area contributed by atoms with Crippen LogP contribution in [0.4, 0.5) is 5.69 Å². The smallest absolute Gasteiger partial charge is 0.270 e. The molecule has 1 aromatic carbocycles. The maximum atomic E-state index is 12.1. The third kappa shape index (κ3) is 3.14. The third-order valence-electron chi connectivity index (χ3n) is 3.90. The van der Waals surface area contributed by atoms with E-state index in [1.807, 2.05) is 0 Å². The molecular weight excluding hydrogens is 260 g/mol. The average molecular weight is 278 g/mol. The summed E-state index contributed by atoms with van der Waals surface area (Å²) in [4.78, 5) is 22.4. The van der Waals surface area contributed by atoms with E-state index < -0.39 is 4.92 Å². The lowest BCUT2D eigenvalue weighted by atomic mass is 10.0. The number of nitro groups is 1. The Bertz CT molecular complexity index is 538. The van der Waals surface area contributed by atoms with Crippen molar-refractivity contribution < 1.29 is 14.8 Å². The highest BCUT2D eigenvalue weighted by Crippen LogP contribution is 2.47. The molecule has 2 N–H and O–H groups in total. The van der Waals surface area contributed by atoms with Crippen LogP contribution in [0.3, 0.4) is 0 Å². The van der Waals surface area contributed by atoms with E-state index in [0.717, 1.165) is 12.8 Å². The van der Waals surface area contributed by atoms with Crippen LogP contribution in [-0.2, 0) is 0 Å². The van der Waals surface area contributed by atoms with Gasteiger partial charge >= 0.3 is 0 Å². The largest absolute Gasteiger partial charge is 0.396 e. The fourth-order valence-electron chi connectivity index (χ4n) is 2.26. The zero-order chi connectivity index (χ0) is 14.8. The fraction of sp³-hybridized carbons (Fsp3) is 0.500. The van der Waals surface area contributed by atoms with Crippen LogP contribution in [0.15, 0.2) is 18.2 Å². The van der Waals surface area contributed by atoms with Crippen LogP contribution in [0.1, 0.15) is 35.2 Å². The summed E-state index contributed by atoms with van der Waals surface area (Å²) in [6.07, 6.45) is 2.69. The molecule has 0 unspecified atom stereocenters. The Balaban J connectivity index is 2.05. The summed E-state index contributed by atoms with van der Waals surface area (Å²) in [6, 6.07) is 4.27. The minimum Gasteiger partial charge on any atom is -0.396 e. The van der Waals surface area contributed by atoms with Gasteiger partial charge in [-0.15, -0.1) is 0 Å². The molecule has 1 aromatic rings. The number of carbonyl (C=O) groups excluding carboxylic acids is 1. The number of hydrogen-bond acceptors (Lipinski definition) is 4. The number of nitrogens with one attached hydrogen (secondary N) is 1. The minimum atomic E-state index is -0.510. The standard InChI is InChI=1S/C14H18N2O4/c1-10-2-3-11(16(19)20)8-12(10)13(18)15-9-14(4-5-14)6-7-17/h2-3,8,17H,4-7,9H2,1H3,(H,15,18). The number of nitrogens with zero attached hydrogens (tertiary/aromatic N) is 1. The summed E-state index contributed by atoms with van der Waals surface area (Å²) in [7, 11) is 0. The summed E-state index contributed by atoms with van der Waals surface area (Å²) < 4.78 is 0. The van der Waals surface area contributed by atoms with E-state index in [1.165, 1.54) is 12.1 Å². The molecule has 0 radical (unpaired) electrons. The Morgan fingerprint density at radius 2 is 2.20 bits per heavy atom. The molecule has 1 aliphatic carbocycles. The Kier molecular flexibility index (Phi) is 4.04. The van der Waals surface area contributed by atoms with E-state index in [2.05, 4.69) is 5.32 Å². The molecule has 0 aliphatic heterocycles. The zero-order valence-corrected chi connectivity index (χ0v) is 11.4. The summed E-state index contributed by atoms with van der Waals surface area (Å²) >= 11 is 0. The van der Waals surface area contributed by atoms with Crippen molar-refractivity contribution in [1.29, 1.82) is 0 Å². The van der Waals surface area contributed by atoms with Crippen molar-refractivity contribution in [2.75, 3.05) is 13.2 Å². The molecule has 1 aliphatic rings. The second-order valence-electron chi connectivity index (χ2n) is 5.41. The van der Waals surface area contributed by atoms with Crippen LogP contribution in [-0.4, -0.2) is 29.1 Å². The highest BCUT2D eigenvalue weighted by molar-refractivity contribution is 5.96. The number of rotatable bonds is 6. The van der Waals surface area contributed by atoms with E-state index in [1.54, 1.807) is 13.0 Å². The highest BCUT2D eigenvalue weighted by Gasteiger charge is 2.41. The molecule has 0 saturated heterocycles. The van der Waals surface area contributed by atoms with Gasteiger partial charge in [-0.2, -0.15) is 0 Å². The lowest BCUT2D eigenvalue weighted by Gasteiger charge is -2.15. The van der Waals surface area contributed by atoms with Gasteiger partial charge < -0.3 is 10.4 Å². The Labute approximate surface area is 117 Å². The van der Waals surface area contributed by atoms with Crippen molar-refractivity contribution in [3.8, 4) is 0 Å². The van der Waals surface area contributed by atoms with Gasteiger partial charge in [0.25, 0.3) is 11.6 Å². The molecule has 0 bridgehead atoms. The summed E-state index contributed by atoms with van der Waals surface area (Å²) in [5, 5.41) is 22.5. The molecule has 0 heterocycles. The monoisotopic (exact) mass is 278 g/mol. The SMILES string of the molecule is Cc1ccc([N+](=O)[O-])cc1C(=O)NCC1(CCO)CC1. The van der Waals surface area contributed by atoms with Crippen molar-refractivity contribution in [2.24, 2.45) is 5.41 Å². The number of hydrogen-bond donors (Lipinski definition) is 2. The third-order valence-corrected chi connectivity index (χ3v) is 3.90. The van der Waals surface area contributed by atoms with Crippen LogP contribution in [0, 0.1) is 22.5 Å². The Morgan fingerprint density at radius 3 is 2.75 bits per heavy atom. The van der Waals surface area contributed by atoms with E-state index in [-0.39, 0.29) is 23.6 Å². The Hall–Kier alpha value is -1.95. The molecule has 6 nitrogen and oxygen atoms in total. The number of benzene rings is 1. The number of carbonyl (C=O) groups is 1. The van der Waals surface area contributed by atoms with Gasteiger partial charge in [0.15, 0.2) is 0 Å². The second-order valence-corrected chi connectivity index (χ2v) is 5.41. The van der Waals surface area contributed by atoms with Gasteiger partial charge in [0.1, 0.15) is 0 Å². The molecule has 1 saturated carbocycles. The predicted molar refractivity (Wildman–Crippen MR) is 73.5 cm³/mol. The lowest BCUT2D eigenvalue weighted by Crippen LogP contribution is -2.31. The van der Waals surface area contributed by atoms with Crippen LogP contribution < -0.4 is 5.32 Å². The number of aliphatic hydroxyl groups is 1. The highest BCUT2D eigenvalue weighted by atomic mass is 16.6. The molecule has 0 spiro atoms. The molecule has 20 heavy (non-hydrogen) atoms. The van der Waals surface area contributed by atoms with Gasteiger partial charge in [-0.3, -0.25) is 14.9 Å². The molecule has 108 valence electrons. The molecule has 1 fully saturated rings. The van der Waals surface area contributed by atoms with Crippen molar-refractivity contribution in [3.63, 3.8) is 0 Å². The number of amides is 1. The average Bonchev–Trinajstić information content (AvgIpc) is 3.17. The van der Waals surface area contributed by atoms with Crippen molar-refractivity contribution in [2.45, 2.75) is 26.2 Å².